The molecule has 0 spiro atoms. The van der Waals surface area contributed by atoms with Crippen LogP contribution in [0, 0.1) is 0 Å². The van der Waals surface area contributed by atoms with Crippen molar-refractivity contribution >= 4 is 8.07 Å². The number of rotatable bonds is 7. The maximum Gasteiger partial charge on any atom is 0.137 e. The molecule has 0 aliphatic rings. The Morgan fingerprint density at radius 2 is 1.73 bits per heavy atom. The SMILES string of the molecule is CCCCCC/C(OO)=C(\C)[Si](C)(C)C. The molecule has 0 saturated carbocycles. The highest BCUT2D eigenvalue weighted by atomic mass is 28.3. The molecule has 0 aromatic heterocycles. The van der Waals surface area contributed by atoms with Crippen LogP contribution in [0.5, 0.6) is 0 Å². The molecule has 3 heteroatoms. The van der Waals surface area contributed by atoms with Crippen molar-refractivity contribution in [3.63, 3.8) is 0 Å². The van der Waals surface area contributed by atoms with E-state index in [2.05, 4.69) is 38.4 Å². The first-order valence-electron chi connectivity index (χ1n) is 5.95. The second-order valence-electron chi connectivity index (χ2n) is 5.20. The van der Waals surface area contributed by atoms with Gasteiger partial charge >= 0.3 is 0 Å². The molecule has 90 valence electrons. The zero-order valence-corrected chi connectivity index (χ0v) is 11.9. The number of allylic oxidation sites excluding steroid dienone is 2. The third kappa shape index (κ3) is 6.00. The lowest BCUT2D eigenvalue weighted by Gasteiger charge is -2.20. The van der Waals surface area contributed by atoms with E-state index < -0.39 is 8.07 Å². The van der Waals surface area contributed by atoms with Crippen LogP contribution in [0.15, 0.2) is 11.0 Å². The molecule has 0 unspecified atom stereocenters. The lowest BCUT2D eigenvalue weighted by atomic mass is 10.1. The van der Waals surface area contributed by atoms with Crippen molar-refractivity contribution < 1.29 is 10.1 Å². The molecule has 0 rings (SSSR count). The van der Waals surface area contributed by atoms with Gasteiger partial charge in [0.1, 0.15) is 5.76 Å². The lowest BCUT2D eigenvalue weighted by Crippen LogP contribution is -2.24. The Balaban J connectivity index is 4.23. The monoisotopic (exact) mass is 230 g/mol. The summed E-state index contributed by atoms with van der Waals surface area (Å²) >= 11 is 0. The third-order valence-corrected chi connectivity index (χ3v) is 5.44. The van der Waals surface area contributed by atoms with Gasteiger partial charge in [-0.2, -0.15) is 0 Å². The topological polar surface area (TPSA) is 29.5 Å². The fraction of sp³-hybridized carbons (Fsp3) is 0.833. The average molecular weight is 230 g/mol. The molecule has 2 nitrogen and oxygen atoms in total. The number of hydrogen-bond acceptors (Lipinski definition) is 2. The Morgan fingerprint density at radius 3 is 2.13 bits per heavy atom. The van der Waals surface area contributed by atoms with Gasteiger partial charge in [0.05, 0.1) is 8.07 Å². The number of unbranched alkanes of at least 4 members (excludes halogenated alkanes) is 3. The van der Waals surface area contributed by atoms with Crippen LogP contribution in [-0.4, -0.2) is 13.3 Å². The summed E-state index contributed by atoms with van der Waals surface area (Å²) in [5, 5.41) is 10.2. The minimum absolute atomic E-state index is 0.810. The molecule has 0 aromatic carbocycles. The highest BCUT2D eigenvalue weighted by Crippen LogP contribution is 2.22. The Hall–Kier alpha value is -0.283. The van der Waals surface area contributed by atoms with E-state index in [4.69, 9.17) is 5.26 Å². The summed E-state index contributed by atoms with van der Waals surface area (Å²) in [6.07, 6.45) is 5.73. The van der Waals surface area contributed by atoms with E-state index in [9.17, 15) is 0 Å². The van der Waals surface area contributed by atoms with E-state index in [0.29, 0.717) is 0 Å². The highest BCUT2D eigenvalue weighted by Gasteiger charge is 2.20. The van der Waals surface area contributed by atoms with Gasteiger partial charge in [-0.25, -0.2) is 5.26 Å². The second-order valence-corrected chi connectivity index (χ2v) is 10.5. The summed E-state index contributed by atoms with van der Waals surface area (Å²) in [5.41, 5.74) is 0. The third-order valence-electron chi connectivity index (χ3n) is 2.91. The Morgan fingerprint density at radius 1 is 1.13 bits per heavy atom. The predicted octanol–water partition coefficient (Wildman–Crippen LogP) is 4.60. The Kier molecular flexibility index (Phi) is 6.93. The molecule has 0 aliphatic carbocycles. The molecule has 0 saturated heterocycles. The van der Waals surface area contributed by atoms with Crippen LogP contribution in [0.1, 0.15) is 46.0 Å². The maximum absolute atomic E-state index is 8.88. The summed E-state index contributed by atoms with van der Waals surface area (Å²) in [7, 11) is -1.32. The van der Waals surface area contributed by atoms with E-state index in [1.165, 1.54) is 24.5 Å². The second kappa shape index (κ2) is 7.07. The summed E-state index contributed by atoms with van der Waals surface area (Å²) < 4.78 is 0. The molecule has 0 aromatic rings. The van der Waals surface area contributed by atoms with Crippen molar-refractivity contribution in [3.05, 3.63) is 11.0 Å². The molecule has 0 radical (unpaired) electrons. The minimum Gasteiger partial charge on any atom is -0.345 e. The van der Waals surface area contributed by atoms with Crippen LogP contribution in [-0.2, 0) is 4.89 Å². The zero-order chi connectivity index (χ0) is 11.9. The van der Waals surface area contributed by atoms with Gasteiger partial charge < -0.3 is 4.89 Å². The Bertz CT molecular complexity index is 204. The van der Waals surface area contributed by atoms with Crippen molar-refractivity contribution in [1.29, 1.82) is 0 Å². The smallest absolute Gasteiger partial charge is 0.137 e. The van der Waals surface area contributed by atoms with Crippen LogP contribution in [0.3, 0.4) is 0 Å². The molecule has 1 N–H and O–H groups in total. The van der Waals surface area contributed by atoms with Crippen LogP contribution < -0.4 is 0 Å². The van der Waals surface area contributed by atoms with E-state index in [-0.39, 0.29) is 0 Å². The van der Waals surface area contributed by atoms with Crippen molar-refractivity contribution in [2.45, 2.75) is 65.6 Å². The van der Waals surface area contributed by atoms with Gasteiger partial charge in [-0.3, -0.25) is 0 Å². The molecule has 0 amide bonds. The summed E-state index contributed by atoms with van der Waals surface area (Å²) in [6, 6.07) is 0. The fourth-order valence-corrected chi connectivity index (χ4v) is 2.44. The fourth-order valence-electron chi connectivity index (χ4n) is 1.43. The van der Waals surface area contributed by atoms with Crippen LogP contribution in [0.25, 0.3) is 0 Å². The maximum atomic E-state index is 8.88. The predicted molar refractivity (Wildman–Crippen MR) is 68.5 cm³/mol. The van der Waals surface area contributed by atoms with Gasteiger partial charge in [0.15, 0.2) is 0 Å². The van der Waals surface area contributed by atoms with Gasteiger partial charge in [0.25, 0.3) is 0 Å². The first-order chi connectivity index (χ1) is 6.93. The number of hydrogen-bond donors (Lipinski definition) is 1. The quantitative estimate of drug-likeness (QED) is 0.228. The average Bonchev–Trinajstić information content (AvgIpc) is 2.16. The highest BCUT2D eigenvalue weighted by molar-refractivity contribution is 6.83. The molecule has 0 aliphatic heterocycles. The first kappa shape index (κ1) is 14.7. The normalized spacial score (nSPS) is 13.7. The van der Waals surface area contributed by atoms with Gasteiger partial charge in [0, 0.05) is 6.42 Å². The van der Waals surface area contributed by atoms with Gasteiger partial charge in [-0.15, -0.1) is 0 Å². The minimum atomic E-state index is -1.32. The molecule has 0 bridgehead atoms. The molecular weight excluding hydrogens is 204 g/mol. The van der Waals surface area contributed by atoms with Crippen molar-refractivity contribution in [2.24, 2.45) is 0 Å². The zero-order valence-electron chi connectivity index (χ0n) is 10.9. The largest absolute Gasteiger partial charge is 0.345 e. The van der Waals surface area contributed by atoms with Gasteiger partial charge in [-0.1, -0.05) is 45.8 Å². The lowest BCUT2D eigenvalue weighted by molar-refractivity contribution is -0.206. The standard InChI is InChI=1S/C12H26O2Si/c1-6-7-8-9-10-12(14-13)11(2)15(3,4)5/h13H,6-10H2,1-5H3/b12-11-. The van der Waals surface area contributed by atoms with E-state index in [0.717, 1.165) is 18.6 Å². The van der Waals surface area contributed by atoms with E-state index in [1.54, 1.807) is 0 Å². The van der Waals surface area contributed by atoms with E-state index in [1.807, 2.05) is 0 Å². The van der Waals surface area contributed by atoms with Crippen molar-refractivity contribution in [2.75, 3.05) is 0 Å². The molecule has 15 heavy (non-hydrogen) atoms. The summed E-state index contributed by atoms with van der Waals surface area (Å²) in [5.74, 6) is 0.810. The van der Waals surface area contributed by atoms with Gasteiger partial charge in [-0.05, 0) is 18.5 Å². The van der Waals surface area contributed by atoms with Gasteiger partial charge in [0.2, 0.25) is 0 Å². The summed E-state index contributed by atoms with van der Waals surface area (Å²) in [6.45, 7) is 11.1. The molecule has 0 atom stereocenters. The van der Waals surface area contributed by atoms with Crippen LogP contribution in [0.2, 0.25) is 19.6 Å². The Labute approximate surface area is 95.3 Å². The molecule has 0 heterocycles. The van der Waals surface area contributed by atoms with Crippen LogP contribution >= 0.6 is 0 Å². The van der Waals surface area contributed by atoms with Crippen molar-refractivity contribution in [1.82, 2.24) is 0 Å². The first-order valence-corrected chi connectivity index (χ1v) is 9.45. The van der Waals surface area contributed by atoms with Crippen molar-refractivity contribution in [3.8, 4) is 0 Å². The van der Waals surface area contributed by atoms with Crippen LogP contribution in [0.4, 0.5) is 0 Å². The molecular formula is C12H26O2Si. The summed E-state index contributed by atoms with van der Waals surface area (Å²) in [4.78, 5) is 4.53. The molecule has 0 fully saturated rings. The van der Waals surface area contributed by atoms with E-state index >= 15 is 0 Å².